The SMILES string of the molecule is Cn1ncc(N2CCN(CC(=O)NC3CCCC3)CC2)c(Cl)c1=O. The van der Waals surface area contributed by atoms with Crippen LogP contribution in [0.4, 0.5) is 5.69 Å². The van der Waals surface area contributed by atoms with E-state index in [1.54, 1.807) is 13.2 Å². The first-order valence-corrected chi connectivity index (χ1v) is 8.91. The number of aryl methyl sites for hydroxylation is 1. The number of amides is 1. The molecular formula is C16H24ClN5O2. The van der Waals surface area contributed by atoms with Gasteiger partial charge in [0.15, 0.2) is 0 Å². The van der Waals surface area contributed by atoms with Gasteiger partial charge in [0.1, 0.15) is 5.02 Å². The Bertz CT molecular complexity index is 648. The van der Waals surface area contributed by atoms with E-state index in [1.165, 1.54) is 17.5 Å². The van der Waals surface area contributed by atoms with Gasteiger partial charge in [0.05, 0.1) is 18.4 Å². The van der Waals surface area contributed by atoms with E-state index in [-0.39, 0.29) is 16.5 Å². The minimum atomic E-state index is -0.285. The van der Waals surface area contributed by atoms with Crippen LogP contribution in [0, 0.1) is 0 Å². The predicted octanol–water partition coefficient (Wildman–Crippen LogP) is 0.615. The topological polar surface area (TPSA) is 70.5 Å². The molecule has 1 saturated heterocycles. The summed E-state index contributed by atoms with van der Waals surface area (Å²) in [6.45, 7) is 3.43. The fourth-order valence-electron chi connectivity index (χ4n) is 3.42. The van der Waals surface area contributed by atoms with Crippen LogP contribution in [0.2, 0.25) is 5.02 Å². The van der Waals surface area contributed by atoms with Gasteiger partial charge in [-0.15, -0.1) is 0 Å². The van der Waals surface area contributed by atoms with Crippen molar-refractivity contribution in [3.8, 4) is 0 Å². The lowest BCUT2D eigenvalue weighted by Gasteiger charge is -2.35. The fraction of sp³-hybridized carbons (Fsp3) is 0.688. The van der Waals surface area contributed by atoms with Gasteiger partial charge in [-0.1, -0.05) is 24.4 Å². The normalized spacial score (nSPS) is 19.7. The van der Waals surface area contributed by atoms with Crippen LogP contribution in [0.25, 0.3) is 0 Å². The molecule has 1 aliphatic carbocycles. The molecule has 0 bridgehead atoms. The second-order valence-electron chi connectivity index (χ2n) is 6.58. The Labute approximate surface area is 146 Å². The van der Waals surface area contributed by atoms with Crippen molar-refractivity contribution in [2.45, 2.75) is 31.7 Å². The van der Waals surface area contributed by atoms with E-state index in [0.29, 0.717) is 18.3 Å². The summed E-state index contributed by atoms with van der Waals surface area (Å²) in [6.07, 6.45) is 6.28. The minimum Gasteiger partial charge on any atom is -0.366 e. The average Bonchev–Trinajstić information content (AvgIpc) is 3.07. The molecule has 0 atom stereocenters. The molecule has 1 saturated carbocycles. The predicted molar refractivity (Wildman–Crippen MR) is 93.5 cm³/mol. The second kappa shape index (κ2) is 7.53. The number of hydrogen-bond donors (Lipinski definition) is 1. The average molecular weight is 354 g/mol. The summed E-state index contributed by atoms with van der Waals surface area (Å²) >= 11 is 6.15. The van der Waals surface area contributed by atoms with Crippen LogP contribution in [-0.2, 0) is 11.8 Å². The van der Waals surface area contributed by atoms with Crippen LogP contribution in [0.15, 0.2) is 11.0 Å². The highest BCUT2D eigenvalue weighted by atomic mass is 35.5. The molecule has 7 nitrogen and oxygen atoms in total. The van der Waals surface area contributed by atoms with Gasteiger partial charge in [-0.25, -0.2) is 4.68 Å². The Morgan fingerprint density at radius 2 is 1.96 bits per heavy atom. The van der Waals surface area contributed by atoms with E-state index in [2.05, 4.69) is 20.2 Å². The van der Waals surface area contributed by atoms with Crippen molar-refractivity contribution in [3.05, 3.63) is 21.6 Å². The molecule has 24 heavy (non-hydrogen) atoms. The van der Waals surface area contributed by atoms with Crippen LogP contribution >= 0.6 is 11.6 Å². The highest BCUT2D eigenvalue weighted by Crippen LogP contribution is 2.22. The first kappa shape index (κ1) is 17.2. The van der Waals surface area contributed by atoms with Gasteiger partial charge in [-0.3, -0.25) is 14.5 Å². The van der Waals surface area contributed by atoms with Crippen molar-refractivity contribution < 1.29 is 4.79 Å². The van der Waals surface area contributed by atoms with Gasteiger partial charge in [0.2, 0.25) is 5.91 Å². The molecule has 8 heteroatoms. The van der Waals surface area contributed by atoms with E-state index < -0.39 is 0 Å². The molecule has 132 valence electrons. The molecule has 2 fully saturated rings. The number of halogens is 1. The van der Waals surface area contributed by atoms with E-state index in [4.69, 9.17) is 11.6 Å². The molecule has 1 aliphatic heterocycles. The molecular weight excluding hydrogens is 330 g/mol. The third kappa shape index (κ3) is 3.89. The molecule has 0 unspecified atom stereocenters. The number of anilines is 1. The smallest absolute Gasteiger partial charge is 0.287 e. The quantitative estimate of drug-likeness (QED) is 0.859. The molecule has 1 aromatic rings. The van der Waals surface area contributed by atoms with Crippen molar-refractivity contribution >= 4 is 23.2 Å². The van der Waals surface area contributed by atoms with E-state index in [9.17, 15) is 9.59 Å². The van der Waals surface area contributed by atoms with Gasteiger partial charge in [0.25, 0.3) is 5.56 Å². The summed E-state index contributed by atoms with van der Waals surface area (Å²) < 4.78 is 1.23. The first-order valence-electron chi connectivity index (χ1n) is 8.53. The van der Waals surface area contributed by atoms with Gasteiger partial charge >= 0.3 is 0 Å². The molecule has 2 aliphatic rings. The zero-order valence-electron chi connectivity index (χ0n) is 14.0. The third-order valence-corrected chi connectivity index (χ3v) is 5.22. The lowest BCUT2D eigenvalue weighted by molar-refractivity contribution is -0.123. The van der Waals surface area contributed by atoms with E-state index >= 15 is 0 Å². The number of hydrogen-bond acceptors (Lipinski definition) is 5. The Balaban J connectivity index is 1.51. The maximum atomic E-state index is 12.1. The summed E-state index contributed by atoms with van der Waals surface area (Å²) in [6, 6.07) is 0.365. The Hall–Kier alpha value is -1.60. The number of rotatable bonds is 4. The van der Waals surface area contributed by atoms with Crippen LogP contribution in [0.1, 0.15) is 25.7 Å². The zero-order chi connectivity index (χ0) is 17.1. The molecule has 2 heterocycles. The monoisotopic (exact) mass is 353 g/mol. The van der Waals surface area contributed by atoms with Gasteiger partial charge < -0.3 is 10.2 Å². The number of piperazine rings is 1. The van der Waals surface area contributed by atoms with Crippen molar-refractivity contribution in [1.82, 2.24) is 20.0 Å². The molecule has 1 amide bonds. The number of aromatic nitrogens is 2. The second-order valence-corrected chi connectivity index (χ2v) is 6.96. The van der Waals surface area contributed by atoms with Crippen molar-refractivity contribution in [1.29, 1.82) is 0 Å². The number of nitrogens with one attached hydrogen (secondary N) is 1. The van der Waals surface area contributed by atoms with E-state index in [1.807, 2.05) is 0 Å². The van der Waals surface area contributed by atoms with Crippen molar-refractivity contribution in [2.24, 2.45) is 7.05 Å². The lowest BCUT2D eigenvalue weighted by Crippen LogP contribution is -2.50. The van der Waals surface area contributed by atoms with Crippen LogP contribution in [-0.4, -0.2) is 59.4 Å². The van der Waals surface area contributed by atoms with Gasteiger partial charge in [-0.2, -0.15) is 5.10 Å². The molecule has 3 rings (SSSR count). The number of nitrogens with zero attached hydrogens (tertiary/aromatic N) is 4. The summed E-state index contributed by atoms with van der Waals surface area (Å²) in [5.41, 5.74) is 0.391. The van der Waals surface area contributed by atoms with Gasteiger partial charge in [-0.05, 0) is 12.8 Å². The minimum absolute atomic E-state index is 0.114. The first-order chi connectivity index (χ1) is 11.5. The Morgan fingerprint density at radius 1 is 1.29 bits per heavy atom. The number of carbonyl (C=O) groups is 1. The molecule has 1 N–H and O–H groups in total. The summed E-state index contributed by atoms with van der Waals surface area (Å²) in [4.78, 5) is 28.2. The zero-order valence-corrected chi connectivity index (χ0v) is 14.8. The Kier molecular flexibility index (Phi) is 5.40. The highest BCUT2D eigenvalue weighted by Gasteiger charge is 2.23. The number of carbonyl (C=O) groups excluding carboxylic acids is 1. The van der Waals surface area contributed by atoms with Crippen LogP contribution < -0.4 is 15.8 Å². The highest BCUT2D eigenvalue weighted by molar-refractivity contribution is 6.33. The molecule has 0 aromatic carbocycles. The van der Waals surface area contributed by atoms with Crippen molar-refractivity contribution in [2.75, 3.05) is 37.6 Å². The van der Waals surface area contributed by atoms with Gasteiger partial charge in [0, 0.05) is 39.3 Å². The van der Waals surface area contributed by atoms with Crippen LogP contribution in [0.3, 0.4) is 0 Å². The maximum absolute atomic E-state index is 12.1. The molecule has 1 aromatic heterocycles. The lowest BCUT2D eigenvalue weighted by atomic mass is 10.2. The standard InChI is InChI=1S/C16H24ClN5O2/c1-20-16(24)15(17)13(10-18-20)22-8-6-21(7-9-22)11-14(23)19-12-4-2-3-5-12/h10,12H,2-9,11H2,1H3,(H,19,23). The fourth-order valence-corrected chi connectivity index (χ4v) is 3.71. The largest absolute Gasteiger partial charge is 0.366 e. The summed E-state index contributed by atoms with van der Waals surface area (Å²) in [5, 5.41) is 7.37. The maximum Gasteiger partial charge on any atom is 0.287 e. The van der Waals surface area contributed by atoms with Crippen molar-refractivity contribution in [3.63, 3.8) is 0 Å². The van der Waals surface area contributed by atoms with E-state index in [0.717, 1.165) is 39.0 Å². The third-order valence-electron chi connectivity index (χ3n) is 4.86. The molecule has 0 radical (unpaired) electrons. The molecule has 0 spiro atoms. The Morgan fingerprint density at radius 3 is 2.62 bits per heavy atom. The summed E-state index contributed by atoms with van der Waals surface area (Å²) in [7, 11) is 1.58. The van der Waals surface area contributed by atoms with Crippen LogP contribution in [0.5, 0.6) is 0 Å². The summed E-state index contributed by atoms with van der Waals surface area (Å²) in [5.74, 6) is 0.114.